The van der Waals surface area contributed by atoms with Gasteiger partial charge in [0.05, 0.1) is 0 Å². The van der Waals surface area contributed by atoms with Crippen LogP contribution in [0.3, 0.4) is 0 Å². The van der Waals surface area contributed by atoms with Crippen molar-refractivity contribution in [3.8, 4) is 0 Å². The molecule has 15 heavy (non-hydrogen) atoms. The Hall–Kier alpha value is -0.890. The summed E-state index contributed by atoms with van der Waals surface area (Å²) in [6.45, 7) is 5.45. The molecule has 0 amide bonds. The lowest BCUT2D eigenvalue weighted by molar-refractivity contribution is 0.121. The summed E-state index contributed by atoms with van der Waals surface area (Å²) in [4.78, 5) is 0. The van der Waals surface area contributed by atoms with Gasteiger partial charge < -0.3 is 5.32 Å². The third-order valence-corrected chi connectivity index (χ3v) is 3.42. The number of alkyl halides is 1. The summed E-state index contributed by atoms with van der Waals surface area (Å²) in [7, 11) is 0. The number of nitrogens with one attached hydrogen (secondary N) is 1. The average Bonchev–Trinajstić information content (AvgIpc) is 2.23. The highest BCUT2D eigenvalue weighted by Gasteiger charge is 2.34. The lowest BCUT2D eigenvalue weighted by atomic mass is 9.84. The van der Waals surface area contributed by atoms with E-state index in [1.807, 2.05) is 32.0 Å². The van der Waals surface area contributed by atoms with Crippen molar-refractivity contribution in [1.29, 1.82) is 0 Å². The Morgan fingerprint density at radius 2 is 2.13 bits per heavy atom. The molecule has 82 valence electrons. The Balaban J connectivity index is 2.39. The van der Waals surface area contributed by atoms with Crippen molar-refractivity contribution in [1.82, 2.24) is 5.32 Å². The van der Waals surface area contributed by atoms with Crippen LogP contribution in [0.1, 0.15) is 29.5 Å². The number of aryl methyl sites for hydroxylation is 1. The normalized spacial score (nSPS) is 26.6. The first-order valence-electron chi connectivity index (χ1n) is 5.60. The van der Waals surface area contributed by atoms with Crippen molar-refractivity contribution in [3.63, 3.8) is 0 Å². The summed E-state index contributed by atoms with van der Waals surface area (Å²) in [5.41, 5.74) is 1.99. The molecule has 0 aromatic heterocycles. The van der Waals surface area contributed by atoms with Gasteiger partial charge in [0.1, 0.15) is 5.67 Å². The van der Waals surface area contributed by atoms with E-state index in [2.05, 4.69) is 5.32 Å². The van der Waals surface area contributed by atoms with Crippen LogP contribution >= 0.6 is 0 Å². The van der Waals surface area contributed by atoms with Crippen LogP contribution in [0.25, 0.3) is 0 Å². The fraction of sp³-hybridized carbons (Fsp3) is 0.538. The highest BCUT2D eigenvalue weighted by molar-refractivity contribution is 5.37. The molecule has 1 fully saturated rings. The van der Waals surface area contributed by atoms with Crippen LogP contribution in [0.4, 0.5) is 4.39 Å². The molecule has 0 radical (unpaired) electrons. The van der Waals surface area contributed by atoms with E-state index in [0.29, 0.717) is 13.0 Å². The van der Waals surface area contributed by atoms with Crippen molar-refractivity contribution >= 4 is 0 Å². The first kappa shape index (κ1) is 10.6. The van der Waals surface area contributed by atoms with E-state index in [-0.39, 0.29) is 0 Å². The van der Waals surface area contributed by atoms with E-state index in [1.54, 1.807) is 0 Å². The molecule has 1 unspecified atom stereocenters. The molecule has 1 aliphatic rings. The van der Waals surface area contributed by atoms with Gasteiger partial charge in [-0.05, 0) is 49.9 Å². The number of piperidine rings is 1. The smallest absolute Gasteiger partial charge is 0.148 e. The zero-order chi connectivity index (χ0) is 10.9. The number of rotatable bonds is 1. The Kier molecular flexibility index (Phi) is 2.79. The molecular formula is C13H18FN. The van der Waals surface area contributed by atoms with E-state index in [0.717, 1.165) is 24.1 Å². The first-order chi connectivity index (χ1) is 7.13. The second-order valence-corrected chi connectivity index (χ2v) is 4.49. The van der Waals surface area contributed by atoms with E-state index < -0.39 is 5.67 Å². The molecule has 2 heteroatoms. The van der Waals surface area contributed by atoms with Crippen molar-refractivity contribution in [3.05, 3.63) is 34.9 Å². The van der Waals surface area contributed by atoms with Crippen LogP contribution in [0.2, 0.25) is 0 Å². The zero-order valence-corrected chi connectivity index (χ0v) is 9.44. The Morgan fingerprint density at radius 3 is 2.80 bits per heavy atom. The predicted octanol–water partition coefficient (Wildman–Crippen LogP) is 2.85. The molecule has 1 N–H and O–H groups in total. The highest BCUT2D eigenvalue weighted by Crippen LogP contribution is 2.35. The predicted molar refractivity (Wildman–Crippen MR) is 60.8 cm³/mol. The quantitative estimate of drug-likeness (QED) is 0.746. The maximum Gasteiger partial charge on any atom is 0.148 e. The third-order valence-electron chi connectivity index (χ3n) is 3.42. The molecule has 0 spiro atoms. The molecule has 0 aliphatic carbocycles. The summed E-state index contributed by atoms with van der Waals surface area (Å²) in [6, 6.07) is 5.92. The van der Waals surface area contributed by atoms with Crippen molar-refractivity contribution in [2.45, 2.75) is 32.4 Å². The van der Waals surface area contributed by atoms with Gasteiger partial charge >= 0.3 is 0 Å². The molecule has 0 saturated carbocycles. The molecular weight excluding hydrogens is 189 g/mol. The van der Waals surface area contributed by atoms with E-state index in [9.17, 15) is 4.39 Å². The Morgan fingerprint density at radius 1 is 1.33 bits per heavy atom. The monoisotopic (exact) mass is 207 g/mol. The summed E-state index contributed by atoms with van der Waals surface area (Å²) in [5.74, 6) is 0. The summed E-state index contributed by atoms with van der Waals surface area (Å²) in [6.07, 6.45) is 1.56. The summed E-state index contributed by atoms with van der Waals surface area (Å²) in [5, 5.41) is 3.15. The second kappa shape index (κ2) is 3.93. The van der Waals surface area contributed by atoms with Crippen LogP contribution < -0.4 is 5.32 Å². The molecule has 1 atom stereocenters. The third kappa shape index (κ3) is 1.91. The van der Waals surface area contributed by atoms with E-state index in [1.165, 1.54) is 5.56 Å². The van der Waals surface area contributed by atoms with Gasteiger partial charge in [0.25, 0.3) is 0 Å². The van der Waals surface area contributed by atoms with Crippen molar-refractivity contribution in [2.24, 2.45) is 0 Å². The molecule has 1 aromatic carbocycles. The van der Waals surface area contributed by atoms with Crippen molar-refractivity contribution < 1.29 is 4.39 Å². The minimum Gasteiger partial charge on any atom is -0.313 e. The topological polar surface area (TPSA) is 12.0 Å². The SMILES string of the molecule is Cc1cccc(C2(F)CCCNC2)c1C. The van der Waals surface area contributed by atoms with Gasteiger partial charge in [-0.1, -0.05) is 18.2 Å². The average molecular weight is 207 g/mol. The van der Waals surface area contributed by atoms with E-state index >= 15 is 0 Å². The number of hydrogen-bond acceptors (Lipinski definition) is 1. The second-order valence-electron chi connectivity index (χ2n) is 4.49. The maximum atomic E-state index is 14.7. The van der Waals surface area contributed by atoms with Crippen LogP contribution in [0.15, 0.2) is 18.2 Å². The van der Waals surface area contributed by atoms with Crippen LogP contribution in [0, 0.1) is 13.8 Å². The zero-order valence-electron chi connectivity index (χ0n) is 9.44. The largest absolute Gasteiger partial charge is 0.313 e. The first-order valence-corrected chi connectivity index (χ1v) is 5.60. The molecule has 0 bridgehead atoms. The number of benzene rings is 1. The van der Waals surface area contributed by atoms with Gasteiger partial charge in [0, 0.05) is 6.54 Å². The summed E-state index contributed by atoms with van der Waals surface area (Å²) >= 11 is 0. The van der Waals surface area contributed by atoms with Gasteiger partial charge in [0.15, 0.2) is 0 Å². The van der Waals surface area contributed by atoms with Gasteiger partial charge in [0.2, 0.25) is 0 Å². The van der Waals surface area contributed by atoms with E-state index in [4.69, 9.17) is 0 Å². The Bertz CT molecular complexity index is 354. The van der Waals surface area contributed by atoms with Gasteiger partial charge in [-0.15, -0.1) is 0 Å². The fourth-order valence-electron chi connectivity index (χ4n) is 2.33. The van der Waals surface area contributed by atoms with Gasteiger partial charge in [-0.25, -0.2) is 4.39 Å². The number of halogens is 1. The lowest BCUT2D eigenvalue weighted by Gasteiger charge is -2.32. The lowest BCUT2D eigenvalue weighted by Crippen LogP contribution is -2.40. The fourth-order valence-corrected chi connectivity index (χ4v) is 2.33. The molecule has 1 heterocycles. The molecule has 1 saturated heterocycles. The molecule has 1 nitrogen and oxygen atoms in total. The minimum atomic E-state index is -1.16. The van der Waals surface area contributed by atoms with Crippen molar-refractivity contribution in [2.75, 3.05) is 13.1 Å². The van der Waals surface area contributed by atoms with Crippen LogP contribution in [0.5, 0.6) is 0 Å². The highest BCUT2D eigenvalue weighted by atomic mass is 19.1. The Labute approximate surface area is 90.7 Å². The number of hydrogen-bond donors (Lipinski definition) is 1. The van der Waals surface area contributed by atoms with Gasteiger partial charge in [-0.2, -0.15) is 0 Å². The van der Waals surface area contributed by atoms with Gasteiger partial charge in [-0.3, -0.25) is 0 Å². The van der Waals surface area contributed by atoms with Crippen LogP contribution in [-0.4, -0.2) is 13.1 Å². The van der Waals surface area contributed by atoms with Crippen LogP contribution in [-0.2, 0) is 5.67 Å². The molecule has 1 aliphatic heterocycles. The minimum absolute atomic E-state index is 0.456. The maximum absolute atomic E-state index is 14.7. The standard InChI is InChI=1S/C13H18FN/c1-10-5-3-6-12(11(10)2)13(14)7-4-8-15-9-13/h3,5-6,15H,4,7-9H2,1-2H3. The summed E-state index contributed by atoms with van der Waals surface area (Å²) < 4.78 is 14.7. The molecule has 1 aromatic rings. The molecule has 2 rings (SSSR count).